The Balaban J connectivity index is 1.26. The molecule has 0 radical (unpaired) electrons. The van der Waals surface area contributed by atoms with Crippen molar-refractivity contribution in [3.63, 3.8) is 0 Å². The van der Waals surface area contributed by atoms with Crippen molar-refractivity contribution in [2.75, 3.05) is 33.4 Å². The highest BCUT2D eigenvalue weighted by molar-refractivity contribution is 5.89. The van der Waals surface area contributed by atoms with Crippen LogP contribution in [0.5, 0.6) is 5.75 Å². The molecule has 3 aromatic carbocycles. The predicted molar refractivity (Wildman–Crippen MR) is 155 cm³/mol. The van der Waals surface area contributed by atoms with E-state index in [0.29, 0.717) is 24.6 Å². The van der Waals surface area contributed by atoms with E-state index in [1.54, 1.807) is 12.1 Å². The van der Waals surface area contributed by atoms with Crippen LogP contribution in [0.3, 0.4) is 0 Å². The van der Waals surface area contributed by atoms with Gasteiger partial charge in [0.05, 0.1) is 12.7 Å². The minimum atomic E-state index is -0.347. The molecular formula is C33H38N2O4. The van der Waals surface area contributed by atoms with E-state index in [1.165, 1.54) is 26.4 Å². The van der Waals surface area contributed by atoms with Crippen LogP contribution in [0.2, 0.25) is 0 Å². The van der Waals surface area contributed by atoms with E-state index in [1.807, 2.05) is 36.4 Å². The Labute approximate surface area is 231 Å². The van der Waals surface area contributed by atoms with Gasteiger partial charge in [-0.15, -0.1) is 0 Å². The van der Waals surface area contributed by atoms with Crippen molar-refractivity contribution in [3.8, 4) is 5.75 Å². The van der Waals surface area contributed by atoms with Crippen molar-refractivity contribution in [1.29, 1.82) is 0 Å². The number of likely N-dealkylation sites (tertiary alicyclic amines) is 1. The van der Waals surface area contributed by atoms with Gasteiger partial charge < -0.3 is 19.7 Å². The highest BCUT2D eigenvalue weighted by Gasteiger charge is 2.31. The van der Waals surface area contributed by atoms with Gasteiger partial charge in [-0.05, 0) is 54.0 Å². The summed E-state index contributed by atoms with van der Waals surface area (Å²) in [6.07, 6.45) is 8.77. The third-order valence-corrected chi connectivity index (χ3v) is 7.94. The third kappa shape index (κ3) is 6.87. The Hall–Kier alpha value is -3.64. The molecule has 1 heterocycles. The SMILES string of the molecule is COC(=O)c1ccc(C=C(CNC2CCN(C(=O)C3CCCCC3)C2)COc2cccc3ccccc23)cc1. The molecule has 1 saturated heterocycles. The molecule has 3 aromatic rings. The summed E-state index contributed by atoms with van der Waals surface area (Å²) in [5, 5.41) is 5.92. The topological polar surface area (TPSA) is 67.9 Å². The Bertz CT molecular complexity index is 1310. The lowest BCUT2D eigenvalue weighted by Crippen LogP contribution is -2.39. The van der Waals surface area contributed by atoms with Gasteiger partial charge >= 0.3 is 5.97 Å². The molecule has 1 aliphatic heterocycles. The average Bonchev–Trinajstić information content (AvgIpc) is 3.47. The molecule has 2 aliphatic rings. The maximum atomic E-state index is 13.0. The van der Waals surface area contributed by atoms with Crippen molar-refractivity contribution in [1.82, 2.24) is 10.2 Å². The van der Waals surface area contributed by atoms with E-state index in [0.717, 1.165) is 60.0 Å². The Morgan fingerprint density at radius 2 is 1.72 bits per heavy atom. The molecule has 1 aliphatic carbocycles. The maximum Gasteiger partial charge on any atom is 0.337 e. The van der Waals surface area contributed by atoms with Crippen LogP contribution in [0.15, 0.2) is 72.3 Å². The summed E-state index contributed by atoms with van der Waals surface area (Å²) in [5.74, 6) is 1.07. The van der Waals surface area contributed by atoms with Crippen LogP contribution in [-0.4, -0.2) is 56.2 Å². The zero-order chi connectivity index (χ0) is 27.0. The number of rotatable bonds is 9. The van der Waals surface area contributed by atoms with Crippen LogP contribution < -0.4 is 10.1 Å². The van der Waals surface area contributed by atoms with Gasteiger partial charge in [0.25, 0.3) is 0 Å². The fraction of sp³-hybridized carbons (Fsp3) is 0.394. The van der Waals surface area contributed by atoms with Crippen LogP contribution in [0.1, 0.15) is 54.4 Å². The predicted octanol–water partition coefficient (Wildman–Crippen LogP) is 5.86. The average molecular weight is 527 g/mol. The van der Waals surface area contributed by atoms with E-state index >= 15 is 0 Å². The fourth-order valence-electron chi connectivity index (χ4n) is 5.71. The van der Waals surface area contributed by atoms with Crippen LogP contribution in [-0.2, 0) is 9.53 Å². The van der Waals surface area contributed by atoms with Crippen molar-refractivity contribution in [2.24, 2.45) is 5.92 Å². The molecule has 204 valence electrons. The molecular weight excluding hydrogens is 488 g/mol. The monoisotopic (exact) mass is 526 g/mol. The van der Waals surface area contributed by atoms with Crippen molar-refractivity contribution in [3.05, 3.63) is 83.4 Å². The van der Waals surface area contributed by atoms with E-state index in [2.05, 4.69) is 34.5 Å². The quantitative estimate of drug-likeness (QED) is 0.354. The minimum Gasteiger partial charge on any atom is -0.489 e. The van der Waals surface area contributed by atoms with Crippen LogP contribution in [0.4, 0.5) is 0 Å². The van der Waals surface area contributed by atoms with Crippen LogP contribution in [0.25, 0.3) is 16.8 Å². The minimum absolute atomic E-state index is 0.218. The second-order valence-electron chi connectivity index (χ2n) is 10.7. The number of fused-ring (bicyclic) bond motifs is 1. The highest BCUT2D eigenvalue weighted by Crippen LogP contribution is 2.28. The standard InChI is InChI=1S/C33H38N2O4/c1-38-33(37)28-16-14-24(15-17-28)20-25(23-39-31-13-7-11-26-8-5-6-12-30(26)31)21-34-29-18-19-35(22-29)32(36)27-9-3-2-4-10-27/h5-8,11-17,20,27,29,34H,2-4,9-10,18-19,21-23H2,1H3. The van der Waals surface area contributed by atoms with Gasteiger partial charge in [-0.2, -0.15) is 0 Å². The highest BCUT2D eigenvalue weighted by atomic mass is 16.5. The van der Waals surface area contributed by atoms with Gasteiger partial charge in [0.15, 0.2) is 0 Å². The van der Waals surface area contributed by atoms with Gasteiger partial charge in [0.1, 0.15) is 12.4 Å². The number of nitrogens with one attached hydrogen (secondary N) is 1. The summed E-state index contributed by atoms with van der Waals surface area (Å²) in [6, 6.07) is 22.0. The summed E-state index contributed by atoms with van der Waals surface area (Å²) in [5.41, 5.74) is 2.60. The molecule has 1 unspecified atom stereocenters. The molecule has 0 aromatic heterocycles. The molecule has 6 nitrogen and oxygen atoms in total. The lowest BCUT2D eigenvalue weighted by atomic mass is 9.88. The lowest BCUT2D eigenvalue weighted by Gasteiger charge is -2.26. The number of carbonyl (C=O) groups is 2. The number of amides is 1. The molecule has 0 spiro atoms. The van der Waals surface area contributed by atoms with E-state index in [9.17, 15) is 9.59 Å². The molecule has 1 atom stereocenters. The van der Waals surface area contributed by atoms with Gasteiger partial charge in [-0.3, -0.25) is 4.79 Å². The number of hydrogen-bond donors (Lipinski definition) is 1. The van der Waals surface area contributed by atoms with E-state index in [-0.39, 0.29) is 17.9 Å². The molecule has 2 fully saturated rings. The summed E-state index contributed by atoms with van der Waals surface area (Å²) >= 11 is 0. The Morgan fingerprint density at radius 1 is 0.949 bits per heavy atom. The third-order valence-electron chi connectivity index (χ3n) is 7.94. The van der Waals surface area contributed by atoms with Gasteiger partial charge in [0.2, 0.25) is 5.91 Å². The second-order valence-corrected chi connectivity index (χ2v) is 10.7. The van der Waals surface area contributed by atoms with Gasteiger partial charge in [-0.25, -0.2) is 4.79 Å². The number of nitrogens with zero attached hydrogens (tertiary/aromatic N) is 1. The number of carbonyl (C=O) groups excluding carboxylic acids is 2. The van der Waals surface area contributed by atoms with Crippen molar-refractivity contribution in [2.45, 2.75) is 44.6 Å². The summed E-state index contributed by atoms with van der Waals surface area (Å²) in [7, 11) is 1.39. The number of benzene rings is 3. The van der Waals surface area contributed by atoms with Crippen LogP contribution in [0, 0.1) is 5.92 Å². The maximum absolute atomic E-state index is 13.0. The van der Waals surface area contributed by atoms with Crippen molar-refractivity contribution >= 4 is 28.7 Å². The zero-order valence-electron chi connectivity index (χ0n) is 22.7. The molecule has 1 N–H and O–H groups in total. The number of hydrogen-bond acceptors (Lipinski definition) is 5. The number of ether oxygens (including phenoxy) is 2. The number of methoxy groups -OCH3 is 1. The largest absolute Gasteiger partial charge is 0.489 e. The molecule has 5 rings (SSSR count). The fourth-order valence-corrected chi connectivity index (χ4v) is 5.71. The smallest absolute Gasteiger partial charge is 0.337 e. The first-order chi connectivity index (χ1) is 19.1. The first kappa shape index (κ1) is 26.9. The number of esters is 1. The van der Waals surface area contributed by atoms with Gasteiger partial charge in [0, 0.05) is 37.0 Å². The van der Waals surface area contributed by atoms with Crippen LogP contribution >= 0.6 is 0 Å². The Morgan fingerprint density at radius 3 is 2.51 bits per heavy atom. The lowest BCUT2D eigenvalue weighted by molar-refractivity contribution is -0.135. The summed E-state index contributed by atoms with van der Waals surface area (Å²) in [6.45, 7) is 2.67. The molecule has 39 heavy (non-hydrogen) atoms. The second kappa shape index (κ2) is 12.9. The molecule has 1 amide bonds. The molecule has 6 heteroatoms. The zero-order valence-corrected chi connectivity index (χ0v) is 22.7. The molecule has 0 bridgehead atoms. The van der Waals surface area contributed by atoms with Gasteiger partial charge in [-0.1, -0.05) is 73.9 Å². The normalized spacial score (nSPS) is 18.3. The molecule has 1 saturated carbocycles. The van der Waals surface area contributed by atoms with E-state index < -0.39 is 0 Å². The first-order valence-corrected chi connectivity index (χ1v) is 14.1. The van der Waals surface area contributed by atoms with E-state index in [4.69, 9.17) is 9.47 Å². The van der Waals surface area contributed by atoms with Crippen molar-refractivity contribution < 1.29 is 19.1 Å². The summed E-state index contributed by atoms with van der Waals surface area (Å²) in [4.78, 5) is 26.9. The summed E-state index contributed by atoms with van der Waals surface area (Å²) < 4.78 is 11.2. The Kier molecular flexibility index (Phi) is 8.94. The first-order valence-electron chi connectivity index (χ1n) is 14.1.